The third-order valence-electron chi connectivity index (χ3n) is 4.24. The van der Waals surface area contributed by atoms with E-state index in [2.05, 4.69) is 0 Å². The van der Waals surface area contributed by atoms with E-state index >= 15 is 0 Å². The summed E-state index contributed by atoms with van der Waals surface area (Å²) in [6.45, 7) is 0.863. The molecule has 2 aromatic rings. The van der Waals surface area contributed by atoms with Crippen LogP contribution in [-0.2, 0) is 10.0 Å². The van der Waals surface area contributed by atoms with Crippen LogP contribution in [0, 0.1) is 17.1 Å². The summed E-state index contributed by atoms with van der Waals surface area (Å²) < 4.78 is 39.6. The van der Waals surface area contributed by atoms with Crippen LogP contribution in [0.5, 0.6) is 0 Å². The van der Waals surface area contributed by atoms with E-state index in [1.165, 1.54) is 52.8 Å². The number of halogens is 1. The molecule has 1 fully saturated rings. The average Bonchev–Trinajstić information content (AvgIpc) is 2.68. The minimum absolute atomic E-state index is 0.120. The van der Waals surface area contributed by atoms with Crippen molar-refractivity contribution in [2.45, 2.75) is 4.90 Å². The zero-order valence-electron chi connectivity index (χ0n) is 13.8. The number of nitrogens with zero attached hydrogens (tertiary/aromatic N) is 3. The summed E-state index contributed by atoms with van der Waals surface area (Å²) in [6, 6.07) is 12.9. The third kappa shape index (κ3) is 3.59. The lowest BCUT2D eigenvalue weighted by atomic mass is 10.2. The van der Waals surface area contributed by atoms with Gasteiger partial charge in [0.25, 0.3) is 5.91 Å². The summed E-state index contributed by atoms with van der Waals surface area (Å²) >= 11 is 0. The molecule has 1 aliphatic heterocycles. The van der Waals surface area contributed by atoms with Crippen molar-refractivity contribution in [1.29, 1.82) is 5.26 Å². The molecule has 6 nitrogen and oxygen atoms in total. The smallest absolute Gasteiger partial charge is 0.253 e. The molecule has 0 radical (unpaired) electrons. The predicted octanol–water partition coefficient (Wildman–Crippen LogP) is 1.84. The maximum atomic E-state index is 13.0. The van der Waals surface area contributed by atoms with E-state index in [9.17, 15) is 17.6 Å². The van der Waals surface area contributed by atoms with Crippen molar-refractivity contribution in [3.8, 4) is 6.07 Å². The molecule has 8 heteroatoms. The van der Waals surface area contributed by atoms with Crippen molar-refractivity contribution < 1.29 is 17.6 Å². The molecule has 0 aliphatic carbocycles. The van der Waals surface area contributed by atoms with E-state index in [1.807, 2.05) is 6.07 Å². The van der Waals surface area contributed by atoms with Gasteiger partial charge in [-0.2, -0.15) is 9.57 Å². The highest BCUT2D eigenvalue weighted by molar-refractivity contribution is 7.89. The van der Waals surface area contributed by atoms with Gasteiger partial charge in [0, 0.05) is 31.7 Å². The Bertz CT molecular complexity index is 943. The minimum atomic E-state index is -3.67. The molecule has 3 rings (SSSR count). The average molecular weight is 373 g/mol. The quantitative estimate of drug-likeness (QED) is 0.822. The second kappa shape index (κ2) is 7.23. The van der Waals surface area contributed by atoms with Gasteiger partial charge < -0.3 is 4.90 Å². The number of piperazine rings is 1. The van der Waals surface area contributed by atoms with Crippen LogP contribution in [-0.4, -0.2) is 49.7 Å². The molecule has 0 bridgehead atoms. The lowest BCUT2D eigenvalue weighted by molar-refractivity contribution is 0.0698. The Kier molecular flexibility index (Phi) is 5.02. The first-order valence-electron chi connectivity index (χ1n) is 7.97. The van der Waals surface area contributed by atoms with Crippen molar-refractivity contribution in [3.63, 3.8) is 0 Å². The molecule has 0 N–H and O–H groups in total. The maximum absolute atomic E-state index is 13.0. The molecule has 26 heavy (non-hydrogen) atoms. The van der Waals surface area contributed by atoms with Crippen molar-refractivity contribution in [1.82, 2.24) is 9.21 Å². The highest BCUT2D eigenvalue weighted by Crippen LogP contribution is 2.19. The number of hydrogen-bond donors (Lipinski definition) is 0. The predicted molar refractivity (Wildman–Crippen MR) is 92.2 cm³/mol. The Morgan fingerprint density at radius 3 is 2.08 bits per heavy atom. The zero-order valence-corrected chi connectivity index (χ0v) is 14.6. The highest BCUT2D eigenvalue weighted by atomic mass is 32.2. The van der Waals surface area contributed by atoms with Gasteiger partial charge in [0.2, 0.25) is 10.0 Å². The van der Waals surface area contributed by atoms with Crippen LogP contribution in [0.3, 0.4) is 0 Å². The Morgan fingerprint density at radius 1 is 0.962 bits per heavy atom. The monoisotopic (exact) mass is 373 g/mol. The van der Waals surface area contributed by atoms with Gasteiger partial charge in [-0.3, -0.25) is 4.79 Å². The number of nitriles is 1. The largest absolute Gasteiger partial charge is 0.336 e. The standard InChI is InChI=1S/C18H16FN3O3S/c19-16-5-3-15(4-6-16)18(23)21-9-11-22(12-10-21)26(24,25)17-7-1-14(13-20)2-8-17/h1-8H,9-12H2. The van der Waals surface area contributed by atoms with Crippen LogP contribution in [0.1, 0.15) is 15.9 Å². The molecule has 2 aromatic carbocycles. The van der Waals surface area contributed by atoms with Crippen LogP contribution in [0.15, 0.2) is 53.4 Å². The third-order valence-corrected chi connectivity index (χ3v) is 6.15. The van der Waals surface area contributed by atoms with Gasteiger partial charge in [-0.1, -0.05) is 0 Å². The zero-order chi connectivity index (χ0) is 18.7. The Hall–Kier alpha value is -2.76. The van der Waals surface area contributed by atoms with E-state index in [0.717, 1.165) is 0 Å². The molecule has 0 unspecified atom stereocenters. The van der Waals surface area contributed by atoms with E-state index in [-0.39, 0.29) is 37.0 Å². The van der Waals surface area contributed by atoms with Gasteiger partial charge in [0.1, 0.15) is 5.82 Å². The fourth-order valence-electron chi connectivity index (χ4n) is 2.76. The summed E-state index contributed by atoms with van der Waals surface area (Å²) in [5.74, 6) is -0.666. The van der Waals surface area contributed by atoms with Crippen LogP contribution in [0.25, 0.3) is 0 Å². The molecule has 1 saturated heterocycles. The summed E-state index contributed by atoms with van der Waals surface area (Å²) in [6.07, 6.45) is 0. The number of hydrogen-bond acceptors (Lipinski definition) is 4. The molecule has 1 heterocycles. The number of carbonyl (C=O) groups excluding carboxylic acids is 1. The lowest BCUT2D eigenvalue weighted by Crippen LogP contribution is -2.50. The lowest BCUT2D eigenvalue weighted by Gasteiger charge is -2.34. The number of amides is 1. The van der Waals surface area contributed by atoms with Gasteiger partial charge in [-0.25, -0.2) is 12.8 Å². The van der Waals surface area contributed by atoms with E-state index < -0.39 is 15.8 Å². The van der Waals surface area contributed by atoms with Crippen molar-refractivity contribution in [3.05, 3.63) is 65.5 Å². The Morgan fingerprint density at radius 2 is 1.54 bits per heavy atom. The fourth-order valence-corrected chi connectivity index (χ4v) is 4.18. The molecule has 134 valence electrons. The van der Waals surface area contributed by atoms with Crippen molar-refractivity contribution in [2.75, 3.05) is 26.2 Å². The van der Waals surface area contributed by atoms with Crippen LogP contribution >= 0.6 is 0 Å². The normalized spacial score (nSPS) is 15.5. The molecule has 0 saturated carbocycles. The van der Waals surface area contributed by atoms with Gasteiger partial charge >= 0.3 is 0 Å². The number of benzene rings is 2. The van der Waals surface area contributed by atoms with E-state index in [1.54, 1.807) is 4.90 Å². The van der Waals surface area contributed by atoms with Crippen LogP contribution in [0.2, 0.25) is 0 Å². The van der Waals surface area contributed by atoms with Crippen LogP contribution < -0.4 is 0 Å². The molecular weight excluding hydrogens is 357 g/mol. The Labute approximate surface area is 151 Å². The van der Waals surface area contributed by atoms with E-state index in [4.69, 9.17) is 5.26 Å². The summed E-state index contributed by atoms with van der Waals surface area (Å²) in [4.78, 5) is 14.1. The first-order valence-corrected chi connectivity index (χ1v) is 9.41. The second-order valence-corrected chi connectivity index (χ2v) is 7.78. The first-order chi connectivity index (χ1) is 12.4. The first kappa shape index (κ1) is 18.0. The highest BCUT2D eigenvalue weighted by Gasteiger charge is 2.30. The molecule has 0 aromatic heterocycles. The number of sulfonamides is 1. The number of carbonyl (C=O) groups is 1. The Balaban J connectivity index is 1.68. The van der Waals surface area contributed by atoms with Gasteiger partial charge in [-0.05, 0) is 48.5 Å². The number of rotatable bonds is 3. The molecule has 0 atom stereocenters. The summed E-state index contributed by atoms with van der Waals surface area (Å²) in [5.41, 5.74) is 0.758. The fraction of sp³-hybridized carbons (Fsp3) is 0.222. The van der Waals surface area contributed by atoms with Gasteiger partial charge in [0.15, 0.2) is 0 Å². The van der Waals surface area contributed by atoms with Gasteiger partial charge in [-0.15, -0.1) is 0 Å². The van der Waals surface area contributed by atoms with Gasteiger partial charge in [0.05, 0.1) is 16.5 Å². The minimum Gasteiger partial charge on any atom is -0.336 e. The SMILES string of the molecule is N#Cc1ccc(S(=O)(=O)N2CCN(C(=O)c3ccc(F)cc3)CC2)cc1. The summed E-state index contributed by atoms with van der Waals surface area (Å²) in [5, 5.41) is 8.80. The van der Waals surface area contributed by atoms with Crippen molar-refractivity contribution in [2.24, 2.45) is 0 Å². The molecule has 0 spiro atoms. The van der Waals surface area contributed by atoms with Crippen LogP contribution in [0.4, 0.5) is 4.39 Å². The van der Waals surface area contributed by atoms with Crippen molar-refractivity contribution >= 4 is 15.9 Å². The topological polar surface area (TPSA) is 81.5 Å². The molecular formula is C18H16FN3O3S. The maximum Gasteiger partial charge on any atom is 0.253 e. The summed E-state index contributed by atoms with van der Waals surface area (Å²) in [7, 11) is -3.67. The molecule has 1 amide bonds. The van der Waals surface area contributed by atoms with E-state index in [0.29, 0.717) is 11.1 Å². The molecule has 1 aliphatic rings. The second-order valence-electron chi connectivity index (χ2n) is 5.84.